The second-order valence-corrected chi connectivity index (χ2v) is 18.6. The molecule has 0 saturated heterocycles. The third-order valence-corrected chi connectivity index (χ3v) is 11.6. The molecule has 53 heavy (non-hydrogen) atoms. The fraction of sp³-hybridized carbons (Fsp3) is 0.977. The number of carbonyl (C=O) groups is 1. The van der Waals surface area contributed by atoms with E-state index in [9.17, 15) is 19.4 Å². The number of quaternary nitrogens is 1. The molecule has 318 valence electrons. The fourth-order valence-electron chi connectivity index (χ4n) is 6.93. The standard InChI is InChI=1S/C44H91N2O6P/c1-6-8-10-12-14-15-16-17-18-19-20-21-22-23-24-25-26-27-28-29-30-31-32-34-36-38-44(48)45-42(43(47)37-35-33-13-11-9-7-2)41-52-53(49,50)51-40-39-46(3,4)5/h42-43,47H,6-41H2,1-5H3,(H-,45,48,49,50)/p+1. The summed E-state index contributed by atoms with van der Waals surface area (Å²) in [6.45, 7) is 4.84. The Labute approximate surface area is 329 Å². The van der Waals surface area contributed by atoms with E-state index >= 15 is 0 Å². The molecule has 0 saturated carbocycles. The Bertz CT molecular complexity index is 839. The van der Waals surface area contributed by atoms with Crippen LogP contribution in [0.15, 0.2) is 0 Å². The van der Waals surface area contributed by atoms with E-state index in [4.69, 9.17) is 9.05 Å². The predicted octanol–water partition coefficient (Wildman–Crippen LogP) is 12.6. The minimum Gasteiger partial charge on any atom is -0.391 e. The molecule has 8 nitrogen and oxygen atoms in total. The van der Waals surface area contributed by atoms with Gasteiger partial charge in [-0.3, -0.25) is 13.8 Å². The lowest BCUT2D eigenvalue weighted by atomic mass is 10.0. The molecule has 0 bridgehead atoms. The average molecular weight is 776 g/mol. The van der Waals surface area contributed by atoms with Gasteiger partial charge in [0.15, 0.2) is 0 Å². The van der Waals surface area contributed by atoms with Crippen molar-refractivity contribution in [2.45, 2.75) is 238 Å². The van der Waals surface area contributed by atoms with Crippen molar-refractivity contribution < 1.29 is 32.9 Å². The van der Waals surface area contributed by atoms with Gasteiger partial charge in [-0.2, -0.15) is 0 Å². The van der Waals surface area contributed by atoms with Crippen LogP contribution in [0.5, 0.6) is 0 Å². The van der Waals surface area contributed by atoms with E-state index in [-0.39, 0.29) is 19.1 Å². The molecular weight excluding hydrogens is 683 g/mol. The van der Waals surface area contributed by atoms with E-state index in [0.717, 1.165) is 38.5 Å². The number of unbranched alkanes of at least 4 members (excludes halogenated alkanes) is 29. The van der Waals surface area contributed by atoms with Gasteiger partial charge < -0.3 is 19.8 Å². The Morgan fingerprint density at radius 1 is 0.566 bits per heavy atom. The van der Waals surface area contributed by atoms with Gasteiger partial charge in [0, 0.05) is 6.42 Å². The number of aliphatic hydroxyl groups is 1. The Balaban J connectivity index is 3.95. The highest BCUT2D eigenvalue weighted by Crippen LogP contribution is 2.43. The van der Waals surface area contributed by atoms with Gasteiger partial charge in [0.25, 0.3) is 0 Å². The Hall–Kier alpha value is -0.500. The van der Waals surface area contributed by atoms with Crippen LogP contribution in [-0.4, -0.2) is 73.4 Å². The van der Waals surface area contributed by atoms with E-state index < -0.39 is 20.0 Å². The summed E-state index contributed by atoms with van der Waals surface area (Å²) < 4.78 is 23.5. The lowest BCUT2D eigenvalue weighted by Crippen LogP contribution is -2.46. The molecule has 0 fully saturated rings. The summed E-state index contributed by atoms with van der Waals surface area (Å²) in [6.07, 6.45) is 40.3. The number of nitrogens with one attached hydrogen (secondary N) is 1. The normalized spacial score (nSPS) is 14.3. The van der Waals surface area contributed by atoms with E-state index in [1.54, 1.807) is 0 Å². The zero-order valence-electron chi connectivity index (χ0n) is 36.0. The molecule has 0 aliphatic carbocycles. The van der Waals surface area contributed by atoms with Crippen molar-refractivity contribution in [2.24, 2.45) is 0 Å². The largest absolute Gasteiger partial charge is 0.472 e. The molecule has 0 radical (unpaired) electrons. The summed E-state index contributed by atoms with van der Waals surface area (Å²) in [5, 5.41) is 13.8. The molecule has 0 heterocycles. The van der Waals surface area contributed by atoms with Gasteiger partial charge in [0.05, 0.1) is 39.9 Å². The van der Waals surface area contributed by atoms with Crippen LogP contribution in [0.4, 0.5) is 0 Å². The van der Waals surface area contributed by atoms with E-state index in [1.165, 1.54) is 161 Å². The predicted molar refractivity (Wildman–Crippen MR) is 226 cm³/mol. The van der Waals surface area contributed by atoms with Crippen molar-refractivity contribution in [3.8, 4) is 0 Å². The first-order valence-corrected chi connectivity index (χ1v) is 24.4. The smallest absolute Gasteiger partial charge is 0.391 e. The van der Waals surface area contributed by atoms with Gasteiger partial charge in [0.1, 0.15) is 13.2 Å². The first-order chi connectivity index (χ1) is 25.5. The molecule has 0 aromatic rings. The molecule has 3 atom stereocenters. The summed E-state index contributed by atoms with van der Waals surface area (Å²) in [6, 6.07) is -0.750. The van der Waals surface area contributed by atoms with Crippen molar-refractivity contribution in [2.75, 3.05) is 40.9 Å². The van der Waals surface area contributed by atoms with E-state index in [1.807, 2.05) is 21.1 Å². The number of likely N-dealkylation sites (N-methyl/N-ethyl adjacent to an activating group) is 1. The van der Waals surface area contributed by atoms with Gasteiger partial charge in [-0.15, -0.1) is 0 Å². The average Bonchev–Trinajstić information content (AvgIpc) is 3.10. The van der Waals surface area contributed by atoms with E-state index in [0.29, 0.717) is 23.9 Å². The zero-order chi connectivity index (χ0) is 39.3. The molecule has 0 aliphatic heterocycles. The minimum absolute atomic E-state index is 0.0776. The van der Waals surface area contributed by atoms with Crippen LogP contribution in [-0.2, 0) is 18.4 Å². The maximum absolute atomic E-state index is 12.8. The second kappa shape index (κ2) is 37.1. The number of carbonyl (C=O) groups excluding carboxylic acids is 1. The maximum atomic E-state index is 12.8. The summed E-state index contributed by atoms with van der Waals surface area (Å²) in [7, 11) is 1.62. The van der Waals surface area contributed by atoms with Crippen LogP contribution in [0.3, 0.4) is 0 Å². The number of hydrogen-bond acceptors (Lipinski definition) is 5. The van der Waals surface area contributed by atoms with E-state index in [2.05, 4.69) is 19.2 Å². The first kappa shape index (κ1) is 52.5. The monoisotopic (exact) mass is 776 g/mol. The van der Waals surface area contributed by atoms with Gasteiger partial charge in [-0.1, -0.05) is 206 Å². The molecule has 0 rings (SSSR count). The van der Waals surface area contributed by atoms with Crippen molar-refractivity contribution >= 4 is 13.7 Å². The second-order valence-electron chi connectivity index (χ2n) is 17.1. The molecule has 3 unspecified atom stereocenters. The minimum atomic E-state index is -4.29. The number of phosphoric ester groups is 1. The fourth-order valence-corrected chi connectivity index (χ4v) is 7.67. The van der Waals surface area contributed by atoms with Crippen LogP contribution in [0, 0.1) is 0 Å². The van der Waals surface area contributed by atoms with Crippen molar-refractivity contribution in [3.05, 3.63) is 0 Å². The van der Waals surface area contributed by atoms with Crippen molar-refractivity contribution in [3.63, 3.8) is 0 Å². The molecule has 1 amide bonds. The Morgan fingerprint density at radius 2 is 0.906 bits per heavy atom. The highest BCUT2D eigenvalue weighted by Gasteiger charge is 2.28. The van der Waals surface area contributed by atoms with Crippen LogP contribution < -0.4 is 5.32 Å². The number of rotatable bonds is 42. The molecule has 0 aromatic carbocycles. The number of hydrogen-bond donors (Lipinski definition) is 3. The van der Waals surface area contributed by atoms with Gasteiger partial charge in [-0.05, 0) is 12.8 Å². The van der Waals surface area contributed by atoms with Crippen molar-refractivity contribution in [1.82, 2.24) is 5.32 Å². The maximum Gasteiger partial charge on any atom is 0.472 e. The third-order valence-electron chi connectivity index (χ3n) is 10.6. The van der Waals surface area contributed by atoms with Crippen LogP contribution in [0.2, 0.25) is 0 Å². The zero-order valence-corrected chi connectivity index (χ0v) is 36.9. The quantitative estimate of drug-likeness (QED) is 0.0324. The summed E-state index contributed by atoms with van der Waals surface area (Å²) in [5.74, 6) is -0.145. The topological polar surface area (TPSA) is 105 Å². The van der Waals surface area contributed by atoms with Crippen LogP contribution >= 0.6 is 7.82 Å². The van der Waals surface area contributed by atoms with Crippen molar-refractivity contribution in [1.29, 1.82) is 0 Å². The lowest BCUT2D eigenvalue weighted by Gasteiger charge is -2.26. The highest BCUT2D eigenvalue weighted by molar-refractivity contribution is 7.47. The summed E-state index contributed by atoms with van der Waals surface area (Å²) in [4.78, 5) is 23.0. The SMILES string of the molecule is CCCCCCCCCCCCCCCCCCCCCCCCCCCC(=O)NC(COP(=O)(O)OCC[N+](C)(C)C)C(O)CCCCCCCC. The Morgan fingerprint density at radius 3 is 1.26 bits per heavy atom. The molecule has 0 aromatic heterocycles. The third kappa shape index (κ3) is 39.5. The molecule has 9 heteroatoms. The molecule has 0 spiro atoms. The summed E-state index contributed by atoms with van der Waals surface area (Å²) >= 11 is 0. The number of amides is 1. The van der Waals surface area contributed by atoms with Gasteiger partial charge in [-0.25, -0.2) is 4.57 Å². The number of phosphoric acid groups is 1. The van der Waals surface area contributed by atoms with Crippen LogP contribution in [0.25, 0.3) is 0 Å². The van der Waals surface area contributed by atoms with Crippen LogP contribution in [0.1, 0.15) is 226 Å². The Kier molecular flexibility index (Phi) is 36.7. The lowest BCUT2D eigenvalue weighted by molar-refractivity contribution is -0.870. The first-order valence-electron chi connectivity index (χ1n) is 22.9. The summed E-state index contributed by atoms with van der Waals surface area (Å²) in [5.41, 5.74) is 0. The number of nitrogens with zero attached hydrogens (tertiary/aromatic N) is 1. The molecule has 3 N–H and O–H groups in total. The molecular formula is C44H92N2O6P+. The molecule has 0 aliphatic rings. The van der Waals surface area contributed by atoms with Gasteiger partial charge >= 0.3 is 7.82 Å². The van der Waals surface area contributed by atoms with Gasteiger partial charge in [0.2, 0.25) is 5.91 Å². The number of aliphatic hydroxyl groups excluding tert-OH is 1. The highest BCUT2D eigenvalue weighted by atomic mass is 31.2.